The zero-order valence-corrected chi connectivity index (χ0v) is 12.0. The first kappa shape index (κ1) is 15.4. The minimum absolute atomic E-state index is 0.119. The second-order valence-corrected chi connectivity index (χ2v) is 4.52. The molecule has 0 saturated carbocycles. The minimum Gasteiger partial charge on any atom is -0.496 e. The van der Waals surface area contributed by atoms with E-state index in [1.54, 1.807) is 36.4 Å². The van der Waals surface area contributed by atoms with E-state index in [0.29, 0.717) is 33.8 Å². The second-order valence-electron chi connectivity index (χ2n) is 4.52. The van der Waals surface area contributed by atoms with Gasteiger partial charge < -0.3 is 14.6 Å². The van der Waals surface area contributed by atoms with Crippen LogP contribution in [0.25, 0.3) is 0 Å². The summed E-state index contributed by atoms with van der Waals surface area (Å²) in [6.45, 7) is 0.0479. The van der Waals surface area contributed by atoms with Crippen LogP contribution in [0.5, 0.6) is 11.5 Å². The Balaban J connectivity index is 2.20. The summed E-state index contributed by atoms with van der Waals surface area (Å²) in [5, 5.41) is 27.2. The molecule has 2 aromatic rings. The molecule has 0 unspecified atom stereocenters. The summed E-state index contributed by atoms with van der Waals surface area (Å²) in [5.74, 6) is 1.09. The van der Waals surface area contributed by atoms with E-state index in [2.05, 4.69) is 6.07 Å². The Kier molecular flexibility index (Phi) is 4.98. The van der Waals surface area contributed by atoms with E-state index < -0.39 is 0 Å². The van der Waals surface area contributed by atoms with E-state index in [-0.39, 0.29) is 13.2 Å². The molecule has 0 aromatic heterocycles. The molecule has 0 aliphatic carbocycles. The largest absolute Gasteiger partial charge is 0.496 e. The van der Waals surface area contributed by atoms with Gasteiger partial charge in [0.1, 0.15) is 18.1 Å². The van der Waals surface area contributed by atoms with E-state index in [0.717, 1.165) is 0 Å². The first-order valence-corrected chi connectivity index (χ1v) is 6.55. The molecule has 0 radical (unpaired) electrons. The maximum atomic E-state index is 9.19. The summed E-state index contributed by atoms with van der Waals surface area (Å²) in [4.78, 5) is 0. The van der Waals surface area contributed by atoms with Gasteiger partial charge >= 0.3 is 0 Å². The molecule has 110 valence electrons. The molecule has 0 fully saturated rings. The van der Waals surface area contributed by atoms with Gasteiger partial charge in [0.25, 0.3) is 0 Å². The van der Waals surface area contributed by atoms with Crippen molar-refractivity contribution in [3.05, 3.63) is 58.7 Å². The van der Waals surface area contributed by atoms with Crippen molar-refractivity contribution in [2.45, 2.75) is 13.2 Å². The number of methoxy groups -OCH3 is 1. The molecule has 5 heteroatoms. The summed E-state index contributed by atoms with van der Waals surface area (Å²) in [5.41, 5.74) is 2.26. The molecule has 5 nitrogen and oxygen atoms in total. The lowest BCUT2D eigenvalue weighted by atomic mass is 10.1. The molecule has 1 N–H and O–H groups in total. The van der Waals surface area contributed by atoms with Crippen LogP contribution in [0.2, 0.25) is 0 Å². The minimum atomic E-state index is -0.119. The fourth-order valence-electron chi connectivity index (χ4n) is 2.00. The van der Waals surface area contributed by atoms with E-state index in [1.165, 1.54) is 7.11 Å². The van der Waals surface area contributed by atoms with Gasteiger partial charge in [0, 0.05) is 17.2 Å². The molecule has 0 aliphatic rings. The molecule has 2 aromatic carbocycles. The predicted octanol–water partition coefficient (Wildman–Crippen LogP) is 2.51. The van der Waals surface area contributed by atoms with E-state index in [9.17, 15) is 5.11 Å². The Morgan fingerprint density at radius 2 is 1.86 bits per heavy atom. The standard InChI is InChI=1S/C17H14N2O3/c1-21-17-7-16(5-4-14(17)10-20)22-11-15-6-12(8-18)2-3-13(15)9-19/h2-7,20H,10-11H2,1H3. The van der Waals surface area contributed by atoms with Crippen LogP contribution in [-0.2, 0) is 13.2 Å². The molecular weight excluding hydrogens is 280 g/mol. The van der Waals surface area contributed by atoms with Crippen molar-refractivity contribution >= 4 is 0 Å². The third-order valence-corrected chi connectivity index (χ3v) is 3.18. The average Bonchev–Trinajstić information content (AvgIpc) is 2.59. The quantitative estimate of drug-likeness (QED) is 0.915. The smallest absolute Gasteiger partial charge is 0.128 e. The van der Waals surface area contributed by atoms with Gasteiger partial charge in [-0.05, 0) is 30.3 Å². The van der Waals surface area contributed by atoms with E-state index >= 15 is 0 Å². The highest BCUT2D eigenvalue weighted by Crippen LogP contribution is 2.25. The lowest BCUT2D eigenvalue weighted by Gasteiger charge is -2.11. The van der Waals surface area contributed by atoms with Crippen molar-refractivity contribution in [3.8, 4) is 23.6 Å². The number of nitriles is 2. The van der Waals surface area contributed by atoms with Crippen LogP contribution in [0.4, 0.5) is 0 Å². The fraction of sp³-hybridized carbons (Fsp3) is 0.176. The maximum absolute atomic E-state index is 9.19. The van der Waals surface area contributed by atoms with Crippen molar-refractivity contribution < 1.29 is 14.6 Å². The number of benzene rings is 2. The van der Waals surface area contributed by atoms with E-state index in [1.807, 2.05) is 6.07 Å². The summed E-state index contributed by atoms with van der Waals surface area (Å²) in [6, 6.07) is 14.1. The van der Waals surface area contributed by atoms with Gasteiger partial charge in [-0.25, -0.2) is 0 Å². The normalized spacial score (nSPS) is 9.64. The predicted molar refractivity (Wildman–Crippen MR) is 79.1 cm³/mol. The Hall–Kier alpha value is -3.02. The lowest BCUT2D eigenvalue weighted by Crippen LogP contribution is -2.00. The van der Waals surface area contributed by atoms with Crippen molar-refractivity contribution in [2.24, 2.45) is 0 Å². The van der Waals surface area contributed by atoms with E-state index in [4.69, 9.17) is 20.0 Å². The summed E-state index contributed by atoms with van der Waals surface area (Å²) in [6.07, 6.45) is 0. The molecule has 0 bridgehead atoms. The highest BCUT2D eigenvalue weighted by atomic mass is 16.5. The average molecular weight is 294 g/mol. The molecule has 0 heterocycles. The molecular formula is C17H14N2O3. The SMILES string of the molecule is COc1cc(OCc2cc(C#N)ccc2C#N)ccc1CO. The number of nitrogens with zero attached hydrogens (tertiary/aromatic N) is 2. The van der Waals surface area contributed by atoms with Gasteiger partial charge in [0.2, 0.25) is 0 Å². The topological polar surface area (TPSA) is 86.3 Å². The summed E-state index contributed by atoms with van der Waals surface area (Å²) >= 11 is 0. The van der Waals surface area contributed by atoms with Gasteiger partial charge in [-0.2, -0.15) is 10.5 Å². The van der Waals surface area contributed by atoms with Crippen LogP contribution >= 0.6 is 0 Å². The Morgan fingerprint density at radius 3 is 2.50 bits per heavy atom. The van der Waals surface area contributed by atoms with Crippen molar-refractivity contribution in [3.63, 3.8) is 0 Å². The van der Waals surface area contributed by atoms with Crippen molar-refractivity contribution in [1.29, 1.82) is 10.5 Å². The van der Waals surface area contributed by atoms with Gasteiger partial charge in [-0.1, -0.05) is 0 Å². The Labute approximate surface area is 128 Å². The number of hydrogen-bond donors (Lipinski definition) is 1. The number of aliphatic hydroxyl groups is 1. The molecule has 0 amide bonds. The third kappa shape index (κ3) is 3.35. The van der Waals surface area contributed by atoms with Crippen LogP contribution < -0.4 is 9.47 Å². The molecule has 0 spiro atoms. The molecule has 2 rings (SSSR count). The van der Waals surface area contributed by atoms with Gasteiger partial charge in [0.05, 0.1) is 37.0 Å². The second kappa shape index (κ2) is 7.12. The monoisotopic (exact) mass is 294 g/mol. The first-order chi connectivity index (χ1) is 10.7. The van der Waals surface area contributed by atoms with Crippen molar-refractivity contribution in [2.75, 3.05) is 7.11 Å². The summed E-state index contributed by atoms with van der Waals surface area (Å²) < 4.78 is 10.8. The lowest BCUT2D eigenvalue weighted by molar-refractivity contribution is 0.271. The number of rotatable bonds is 5. The third-order valence-electron chi connectivity index (χ3n) is 3.18. The molecule has 0 atom stereocenters. The van der Waals surface area contributed by atoms with Gasteiger partial charge in [0.15, 0.2) is 0 Å². The highest BCUT2D eigenvalue weighted by molar-refractivity contribution is 5.44. The Morgan fingerprint density at radius 1 is 1.05 bits per heavy atom. The first-order valence-electron chi connectivity index (χ1n) is 6.55. The molecule has 22 heavy (non-hydrogen) atoms. The number of hydrogen-bond acceptors (Lipinski definition) is 5. The van der Waals surface area contributed by atoms with Crippen LogP contribution in [0.3, 0.4) is 0 Å². The zero-order valence-electron chi connectivity index (χ0n) is 12.0. The molecule has 0 aliphatic heterocycles. The van der Waals surface area contributed by atoms with Crippen LogP contribution in [0.15, 0.2) is 36.4 Å². The zero-order chi connectivity index (χ0) is 15.9. The Bertz CT molecular complexity index is 757. The highest BCUT2D eigenvalue weighted by Gasteiger charge is 2.07. The van der Waals surface area contributed by atoms with Crippen LogP contribution in [0, 0.1) is 22.7 Å². The number of aliphatic hydroxyl groups excluding tert-OH is 1. The maximum Gasteiger partial charge on any atom is 0.128 e. The van der Waals surface area contributed by atoms with Gasteiger partial charge in [-0.15, -0.1) is 0 Å². The summed E-state index contributed by atoms with van der Waals surface area (Å²) in [7, 11) is 1.52. The van der Waals surface area contributed by atoms with Crippen molar-refractivity contribution in [1.82, 2.24) is 0 Å². The molecule has 0 saturated heterocycles. The van der Waals surface area contributed by atoms with Crippen LogP contribution in [-0.4, -0.2) is 12.2 Å². The fourth-order valence-corrected chi connectivity index (χ4v) is 2.00. The van der Waals surface area contributed by atoms with Gasteiger partial charge in [-0.3, -0.25) is 0 Å². The van der Waals surface area contributed by atoms with Crippen LogP contribution in [0.1, 0.15) is 22.3 Å². The number of ether oxygens (including phenoxy) is 2.